The van der Waals surface area contributed by atoms with Crippen molar-refractivity contribution in [2.75, 3.05) is 0 Å². The molecule has 0 aromatic heterocycles. The van der Waals surface area contributed by atoms with Crippen LogP contribution in [-0.4, -0.2) is 12.6 Å². The SMILES string of the molecule is O=Cc1ccc(Br)c(C=O)c1F. The molecule has 0 fully saturated rings. The van der Waals surface area contributed by atoms with Gasteiger partial charge in [0.25, 0.3) is 0 Å². The zero-order valence-electron chi connectivity index (χ0n) is 5.88. The molecule has 1 rings (SSSR count). The van der Waals surface area contributed by atoms with Crippen LogP contribution in [0.25, 0.3) is 0 Å². The average Bonchev–Trinajstić information content (AvgIpc) is 2.06. The fourth-order valence-corrected chi connectivity index (χ4v) is 1.18. The minimum absolute atomic E-state index is 0.111. The molecule has 0 bridgehead atoms. The van der Waals surface area contributed by atoms with Crippen LogP contribution in [0.5, 0.6) is 0 Å². The molecular weight excluding hydrogens is 227 g/mol. The summed E-state index contributed by atoms with van der Waals surface area (Å²) in [6, 6.07) is 2.76. The Balaban J connectivity index is 3.43. The summed E-state index contributed by atoms with van der Waals surface area (Å²) >= 11 is 2.98. The third-order valence-electron chi connectivity index (χ3n) is 1.40. The number of benzene rings is 1. The topological polar surface area (TPSA) is 34.1 Å². The molecule has 0 aliphatic heterocycles. The second kappa shape index (κ2) is 3.58. The smallest absolute Gasteiger partial charge is 0.154 e. The van der Waals surface area contributed by atoms with Crippen LogP contribution in [0.15, 0.2) is 16.6 Å². The normalized spacial score (nSPS) is 9.50. The molecule has 0 atom stereocenters. The van der Waals surface area contributed by atoms with Crippen molar-refractivity contribution in [1.82, 2.24) is 0 Å². The number of hydrogen-bond acceptors (Lipinski definition) is 2. The van der Waals surface area contributed by atoms with E-state index in [0.29, 0.717) is 17.0 Å². The number of halogens is 2. The van der Waals surface area contributed by atoms with Gasteiger partial charge in [-0.2, -0.15) is 0 Å². The van der Waals surface area contributed by atoms with Gasteiger partial charge in [0, 0.05) is 4.47 Å². The van der Waals surface area contributed by atoms with Crippen LogP contribution in [-0.2, 0) is 0 Å². The predicted molar refractivity (Wildman–Crippen MR) is 44.9 cm³/mol. The molecule has 0 heterocycles. The van der Waals surface area contributed by atoms with E-state index in [-0.39, 0.29) is 11.1 Å². The molecular formula is C8H4BrFO2. The van der Waals surface area contributed by atoms with Gasteiger partial charge in [-0.05, 0) is 28.1 Å². The van der Waals surface area contributed by atoms with E-state index in [1.807, 2.05) is 0 Å². The van der Waals surface area contributed by atoms with Crippen molar-refractivity contribution >= 4 is 28.5 Å². The summed E-state index contributed by atoms with van der Waals surface area (Å²) in [6.45, 7) is 0. The molecule has 0 radical (unpaired) electrons. The minimum Gasteiger partial charge on any atom is -0.298 e. The lowest BCUT2D eigenvalue weighted by atomic mass is 10.1. The summed E-state index contributed by atoms with van der Waals surface area (Å²) in [7, 11) is 0. The molecule has 0 N–H and O–H groups in total. The van der Waals surface area contributed by atoms with E-state index in [1.54, 1.807) is 0 Å². The van der Waals surface area contributed by atoms with Gasteiger partial charge in [0.05, 0.1) is 11.1 Å². The highest BCUT2D eigenvalue weighted by atomic mass is 79.9. The second-order valence-corrected chi connectivity index (χ2v) is 2.95. The van der Waals surface area contributed by atoms with Crippen molar-refractivity contribution in [3.63, 3.8) is 0 Å². The lowest BCUT2D eigenvalue weighted by Crippen LogP contribution is -1.95. The van der Waals surface area contributed by atoms with Crippen molar-refractivity contribution < 1.29 is 14.0 Å². The van der Waals surface area contributed by atoms with Crippen molar-refractivity contribution in [3.8, 4) is 0 Å². The van der Waals surface area contributed by atoms with Gasteiger partial charge in [-0.3, -0.25) is 9.59 Å². The van der Waals surface area contributed by atoms with E-state index < -0.39 is 5.82 Å². The second-order valence-electron chi connectivity index (χ2n) is 2.10. The number of carbonyl (C=O) groups is 2. The summed E-state index contributed by atoms with van der Waals surface area (Å²) in [5.74, 6) is -0.783. The molecule has 0 saturated carbocycles. The molecule has 0 aliphatic rings. The summed E-state index contributed by atoms with van der Waals surface area (Å²) in [5, 5.41) is 0. The highest BCUT2D eigenvalue weighted by Crippen LogP contribution is 2.19. The first kappa shape index (κ1) is 9.06. The van der Waals surface area contributed by atoms with Gasteiger partial charge in [0.2, 0.25) is 0 Å². The van der Waals surface area contributed by atoms with Gasteiger partial charge in [-0.25, -0.2) is 4.39 Å². The number of rotatable bonds is 2. The Hall–Kier alpha value is -1.03. The van der Waals surface area contributed by atoms with E-state index in [9.17, 15) is 14.0 Å². The van der Waals surface area contributed by atoms with Crippen molar-refractivity contribution in [1.29, 1.82) is 0 Å². The Morgan fingerprint density at radius 2 is 1.92 bits per heavy atom. The molecule has 0 aliphatic carbocycles. The Morgan fingerprint density at radius 1 is 1.25 bits per heavy atom. The van der Waals surface area contributed by atoms with Crippen LogP contribution >= 0.6 is 15.9 Å². The van der Waals surface area contributed by atoms with Crippen LogP contribution in [0, 0.1) is 5.82 Å². The quantitative estimate of drug-likeness (QED) is 0.731. The van der Waals surface area contributed by atoms with Crippen molar-refractivity contribution in [2.45, 2.75) is 0 Å². The largest absolute Gasteiger partial charge is 0.298 e. The van der Waals surface area contributed by atoms with Gasteiger partial charge in [0.15, 0.2) is 12.6 Å². The fraction of sp³-hybridized carbons (Fsp3) is 0. The zero-order valence-corrected chi connectivity index (χ0v) is 7.47. The van der Waals surface area contributed by atoms with Gasteiger partial charge in [-0.15, -0.1) is 0 Å². The Bertz CT molecular complexity index is 336. The van der Waals surface area contributed by atoms with Gasteiger partial charge in [-0.1, -0.05) is 0 Å². The fourth-order valence-electron chi connectivity index (χ4n) is 0.785. The summed E-state index contributed by atoms with van der Waals surface area (Å²) in [4.78, 5) is 20.6. The highest BCUT2D eigenvalue weighted by molar-refractivity contribution is 9.10. The van der Waals surface area contributed by atoms with Crippen LogP contribution in [0.2, 0.25) is 0 Å². The molecule has 12 heavy (non-hydrogen) atoms. The molecule has 0 unspecified atom stereocenters. The summed E-state index contributed by atoms with van der Waals surface area (Å²) in [6.07, 6.45) is 0.737. The van der Waals surface area contributed by atoms with Crippen LogP contribution in [0.1, 0.15) is 20.7 Å². The predicted octanol–water partition coefficient (Wildman–Crippen LogP) is 2.21. The molecule has 0 spiro atoms. The Morgan fingerprint density at radius 3 is 2.42 bits per heavy atom. The number of hydrogen-bond donors (Lipinski definition) is 0. The minimum atomic E-state index is -0.783. The first-order valence-corrected chi connectivity index (χ1v) is 3.88. The van der Waals surface area contributed by atoms with Gasteiger partial charge >= 0.3 is 0 Å². The van der Waals surface area contributed by atoms with Crippen molar-refractivity contribution in [3.05, 3.63) is 33.5 Å². The molecule has 0 saturated heterocycles. The summed E-state index contributed by atoms with van der Waals surface area (Å²) in [5.41, 5.74) is -0.236. The third-order valence-corrected chi connectivity index (χ3v) is 2.09. The first-order valence-electron chi connectivity index (χ1n) is 3.09. The van der Waals surface area contributed by atoms with E-state index in [4.69, 9.17) is 0 Å². The summed E-state index contributed by atoms with van der Waals surface area (Å²) < 4.78 is 13.4. The molecule has 0 amide bonds. The molecule has 4 heteroatoms. The maximum Gasteiger partial charge on any atom is 0.154 e. The van der Waals surface area contributed by atoms with Crippen LogP contribution < -0.4 is 0 Å². The van der Waals surface area contributed by atoms with Crippen LogP contribution in [0.3, 0.4) is 0 Å². The van der Waals surface area contributed by atoms with Gasteiger partial charge in [0.1, 0.15) is 5.82 Å². The monoisotopic (exact) mass is 230 g/mol. The third kappa shape index (κ3) is 1.43. The number of aldehydes is 2. The molecule has 2 nitrogen and oxygen atoms in total. The Kier molecular flexibility index (Phi) is 2.70. The number of carbonyl (C=O) groups excluding carboxylic acids is 2. The molecule has 62 valence electrons. The van der Waals surface area contributed by atoms with Crippen LogP contribution in [0.4, 0.5) is 4.39 Å². The first-order chi connectivity index (χ1) is 5.70. The van der Waals surface area contributed by atoms with E-state index in [1.165, 1.54) is 12.1 Å². The maximum absolute atomic E-state index is 13.0. The average molecular weight is 231 g/mol. The van der Waals surface area contributed by atoms with Gasteiger partial charge < -0.3 is 0 Å². The lowest BCUT2D eigenvalue weighted by molar-refractivity contribution is 0.111. The van der Waals surface area contributed by atoms with E-state index >= 15 is 0 Å². The molecule has 1 aromatic rings. The lowest BCUT2D eigenvalue weighted by Gasteiger charge is -1.99. The standard InChI is InChI=1S/C8H4BrFO2/c9-7-2-1-5(3-11)8(10)6(7)4-12/h1-4H. The highest BCUT2D eigenvalue weighted by Gasteiger charge is 2.09. The maximum atomic E-state index is 13.0. The van der Waals surface area contributed by atoms with E-state index in [0.717, 1.165) is 0 Å². The Labute approximate surface area is 76.5 Å². The van der Waals surface area contributed by atoms with E-state index in [2.05, 4.69) is 15.9 Å². The zero-order chi connectivity index (χ0) is 9.14. The molecule has 1 aromatic carbocycles. The van der Waals surface area contributed by atoms with Crippen molar-refractivity contribution in [2.24, 2.45) is 0 Å².